The van der Waals surface area contributed by atoms with E-state index in [1.165, 1.54) is 12.1 Å². The van der Waals surface area contributed by atoms with E-state index >= 15 is 0 Å². The first kappa shape index (κ1) is 17.9. The molecule has 0 bridgehead atoms. The molecule has 5 heteroatoms. The van der Waals surface area contributed by atoms with E-state index in [1.54, 1.807) is 12.1 Å². The molecule has 2 N–H and O–H groups in total. The van der Waals surface area contributed by atoms with Crippen molar-refractivity contribution in [2.75, 3.05) is 11.9 Å². The molecule has 0 aliphatic carbocycles. The SMILES string of the molecule is Fc1ccc(CCNC(=S)Nc2ccc(Oc3ccccc3)cc2)cc1. The summed E-state index contributed by atoms with van der Waals surface area (Å²) in [7, 11) is 0. The topological polar surface area (TPSA) is 33.3 Å². The molecule has 0 aromatic heterocycles. The Morgan fingerprint density at radius 3 is 2.19 bits per heavy atom. The molecule has 0 fully saturated rings. The summed E-state index contributed by atoms with van der Waals surface area (Å²) in [6.45, 7) is 0.673. The van der Waals surface area contributed by atoms with E-state index in [-0.39, 0.29) is 5.82 Å². The third kappa shape index (κ3) is 5.57. The lowest BCUT2D eigenvalue weighted by Gasteiger charge is -2.11. The molecule has 3 aromatic carbocycles. The predicted octanol–water partition coefficient (Wildman–Crippen LogP) is 5.15. The molecule has 3 nitrogen and oxygen atoms in total. The van der Waals surface area contributed by atoms with Gasteiger partial charge < -0.3 is 15.4 Å². The Morgan fingerprint density at radius 1 is 0.846 bits per heavy atom. The number of hydrogen-bond donors (Lipinski definition) is 2. The van der Waals surface area contributed by atoms with Gasteiger partial charge in [-0.15, -0.1) is 0 Å². The van der Waals surface area contributed by atoms with Crippen molar-refractivity contribution in [1.29, 1.82) is 0 Å². The lowest BCUT2D eigenvalue weighted by molar-refractivity contribution is 0.483. The third-order valence-electron chi connectivity index (χ3n) is 3.70. The molecule has 26 heavy (non-hydrogen) atoms. The minimum atomic E-state index is -0.224. The zero-order valence-corrected chi connectivity index (χ0v) is 14.9. The fourth-order valence-corrected chi connectivity index (χ4v) is 2.60. The van der Waals surface area contributed by atoms with Crippen LogP contribution in [0.1, 0.15) is 5.56 Å². The first-order chi connectivity index (χ1) is 12.7. The van der Waals surface area contributed by atoms with Crippen molar-refractivity contribution in [1.82, 2.24) is 5.32 Å². The maximum Gasteiger partial charge on any atom is 0.170 e. The highest BCUT2D eigenvalue weighted by molar-refractivity contribution is 7.80. The van der Waals surface area contributed by atoms with Gasteiger partial charge in [0.25, 0.3) is 0 Å². The Labute approximate surface area is 157 Å². The summed E-state index contributed by atoms with van der Waals surface area (Å²) in [5.41, 5.74) is 1.94. The van der Waals surface area contributed by atoms with Crippen LogP contribution in [-0.4, -0.2) is 11.7 Å². The molecule has 0 saturated carbocycles. The molecule has 0 amide bonds. The van der Waals surface area contributed by atoms with Crippen LogP contribution in [0.25, 0.3) is 0 Å². The highest BCUT2D eigenvalue weighted by Crippen LogP contribution is 2.22. The van der Waals surface area contributed by atoms with Crippen LogP contribution < -0.4 is 15.4 Å². The van der Waals surface area contributed by atoms with Gasteiger partial charge in [-0.3, -0.25) is 0 Å². The summed E-state index contributed by atoms with van der Waals surface area (Å²) in [4.78, 5) is 0. The Hall–Kier alpha value is -2.92. The van der Waals surface area contributed by atoms with Crippen LogP contribution in [0.4, 0.5) is 10.1 Å². The molecule has 3 rings (SSSR count). The fourth-order valence-electron chi connectivity index (χ4n) is 2.38. The molecule has 0 aliphatic rings. The number of para-hydroxylation sites is 1. The lowest BCUT2D eigenvalue weighted by atomic mass is 10.1. The number of halogens is 1. The highest BCUT2D eigenvalue weighted by Gasteiger charge is 2.00. The first-order valence-corrected chi connectivity index (χ1v) is 8.72. The average Bonchev–Trinajstić information content (AvgIpc) is 2.66. The lowest BCUT2D eigenvalue weighted by Crippen LogP contribution is -2.30. The molecule has 0 atom stereocenters. The monoisotopic (exact) mass is 366 g/mol. The van der Waals surface area contributed by atoms with Crippen molar-refractivity contribution >= 4 is 23.0 Å². The van der Waals surface area contributed by atoms with Crippen molar-refractivity contribution in [3.63, 3.8) is 0 Å². The van der Waals surface area contributed by atoms with E-state index < -0.39 is 0 Å². The minimum absolute atomic E-state index is 0.224. The van der Waals surface area contributed by atoms with Crippen LogP contribution in [0.5, 0.6) is 11.5 Å². The van der Waals surface area contributed by atoms with Gasteiger partial charge in [0, 0.05) is 12.2 Å². The van der Waals surface area contributed by atoms with Gasteiger partial charge >= 0.3 is 0 Å². The number of nitrogens with one attached hydrogen (secondary N) is 2. The van der Waals surface area contributed by atoms with Gasteiger partial charge in [-0.2, -0.15) is 0 Å². The van der Waals surface area contributed by atoms with Crippen molar-refractivity contribution < 1.29 is 9.13 Å². The Morgan fingerprint density at radius 2 is 1.50 bits per heavy atom. The van der Waals surface area contributed by atoms with E-state index in [9.17, 15) is 4.39 Å². The molecule has 3 aromatic rings. The summed E-state index contributed by atoms with van der Waals surface area (Å²) in [6, 6.07) is 23.7. The van der Waals surface area contributed by atoms with E-state index in [4.69, 9.17) is 17.0 Å². The van der Waals surface area contributed by atoms with E-state index in [2.05, 4.69) is 10.6 Å². The molecule has 132 valence electrons. The van der Waals surface area contributed by atoms with E-state index in [0.717, 1.165) is 29.2 Å². The number of anilines is 1. The summed E-state index contributed by atoms with van der Waals surface area (Å²) in [5.74, 6) is 1.33. The quantitative estimate of drug-likeness (QED) is 0.591. The molecule has 0 saturated heterocycles. The van der Waals surface area contributed by atoms with Gasteiger partial charge in [-0.05, 0) is 72.7 Å². The number of thiocarbonyl (C=S) groups is 1. The van der Waals surface area contributed by atoms with Crippen LogP contribution in [0.15, 0.2) is 78.9 Å². The minimum Gasteiger partial charge on any atom is -0.457 e. The number of rotatable bonds is 6. The molecule has 0 radical (unpaired) electrons. The summed E-state index contributed by atoms with van der Waals surface area (Å²) >= 11 is 5.30. The van der Waals surface area contributed by atoms with Crippen LogP contribution in [0.3, 0.4) is 0 Å². The van der Waals surface area contributed by atoms with Crippen LogP contribution in [0, 0.1) is 5.82 Å². The Kier molecular flexibility index (Phi) is 6.17. The van der Waals surface area contributed by atoms with Gasteiger partial charge in [0.1, 0.15) is 17.3 Å². The summed E-state index contributed by atoms with van der Waals surface area (Å²) in [5, 5.41) is 6.82. The highest BCUT2D eigenvalue weighted by atomic mass is 32.1. The van der Waals surface area contributed by atoms with Crippen molar-refractivity contribution in [2.45, 2.75) is 6.42 Å². The zero-order valence-electron chi connectivity index (χ0n) is 14.1. The van der Waals surface area contributed by atoms with Crippen molar-refractivity contribution in [2.24, 2.45) is 0 Å². The number of hydrogen-bond acceptors (Lipinski definition) is 2. The van der Waals surface area contributed by atoms with Gasteiger partial charge in [0.05, 0.1) is 0 Å². The normalized spacial score (nSPS) is 10.2. The second-order valence-electron chi connectivity index (χ2n) is 5.70. The molecule has 0 unspecified atom stereocenters. The Bertz CT molecular complexity index is 836. The Balaban J connectivity index is 1.44. The average molecular weight is 366 g/mol. The standard InChI is InChI=1S/C21H19FN2OS/c22-17-8-6-16(7-9-17)14-15-23-21(26)24-18-10-12-20(13-11-18)25-19-4-2-1-3-5-19/h1-13H,14-15H2,(H2,23,24,26). The maximum absolute atomic E-state index is 12.9. The summed E-state index contributed by atoms with van der Waals surface area (Å²) in [6.07, 6.45) is 0.770. The van der Waals surface area contributed by atoms with Crippen molar-refractivity contribution in [3.8, 4) is 11.5 Å². The largest absolute Gasteiger partial charge is 0.457 e. The molecular weight excluding hydrogens is 347 g/mol. The van der Waals surface area contributed by atoms with Crippen LogP contribution >= 0.6 is 12.2 Å². The van der Waals surface area contributed by atoms with Gasteiger partial charge in [-0.1, -0.05) is 30.3 Å². The van der Waals surface area contributed by atoms with Gasteiger partial charge in [0.2, 0.25) is 0 Å². The van der Waals surface area contributed by atoms with Crippen LogP contribution in [-0.2, 0) is 6.42 Å². The van der Waals surface area contributed by atoms with E-state index in [1.807, 2.05) is 54.6 Å². The van der Waals surface area contributed by atoms with Gasteiger partial charge in [-0.25, -0.2) is 4.39 Å². The van der Waals surface area contributed by atoms with Crippen molar-refractivity contribution in [3.05, 3.63) is 90.2 Å². The first-order valence-electron chi connectivity index (χ1n) is 8.31. The molecule has 0 heterocycles. The molecule has 0 spiro atoms. The zero-order chi connectivity index (χ0) is 18.2. The summed E-state index contributed by atoms with van der Waals surface area (Å²) < 4.78 is 18.6. The maximum atomic E-state index is 12.9. The molecular formula is C21H19FN2OS. The van der Waals surface area contributed by atoms with Crippen LogP contribution in [0.2, 0.25) is 0 Å². The third-order valence-corrected chi connectivity index (χ3v) is 3.95. The number of ether oxygens (including phenoxy) is 1. The number of benzene rings is 3. The predicted molar refractivity (Wildman–Crippen MR) is 107 cm³/mol. The smallest absolute Gasteiger partial charge is 0.170 e. The second-order valence-corrected chi connectivity index (χ2v) is 6.11. The molecule has 0 aliphatic heterocycles. The fraction of sp³-hybridized carbons (Fsp3) is 0.0952. The van der Waals surface area contributed by atoms with E-state index in [0.29, 0.717) is 11.7 Å². The van der Waals surface area contributed by atoms with Gasteiger partial charge in [0.15, 0.2) is 5.11 Å². The second kappa shape index (κ2) is 8.97.